The van der Waals surface area contributed by atoms with Crippen LogP contribution >= 0.6 is 24.8 Å². The molecule has 0 aliphatic heterocycles. The summed E-state index contributed by atoms with van der Waals surface area (Å²) in [7, 11) is 1.37. The molecule has 0 heterocycles. The summed E-state index contributed by atoms with van der Waals surface area (Å²) < 4.78 is 5.30. The fourth-order valence-electron chi connectivity index (χ4n) is 2.79. The first kappa shape index (κ1) is 26.7. The van der Waals surface area contributed by atoms with Gasteiger partial charge in [0.25, 0.3) is 0 Å². The summed E-state index contributed by atoms with van der Waals surface area (Å²) in [4.78, 5) is 23.9. The van der Waals surface area contributed by atoms with E-state index in [0.29, 0.717) is 0 Å². The highest BCUT2D eigenvalue weighted by Crippen LogP contribution is 2.42. The van der Waals surface area contributed by atoms with Crippen LogP contribution in [-0.4, -0.2) is 29.3 Å². The van der Waals surface area contributed by atoms with Gasteiger partial charge in [0, 0.05) is 5.56 Å². The summed E-state index contributed by atoms with van der Waals surface area (Å²) >= 11 is 0. The molecule has 0 saturated carbocycles. The Bertz CT molecular complexity index is 654. The molecule has 0 bridgehead atoms. The number of nitrogens with two attached hydrogens (primary N) is 2. The summed E-state index contributed by atoms with van der Waals surface area (Å²) in [5, 5.41) is 19.5. The van der Waals surface area contributed by atoms with Crippen LogP contribution in [0.4, 0.5) is 0 Å². The maximum atomic E-state index is 12.0. The van der Waals surface area contributed by atoms with E-state index in [1.165, 1.54) is 13.2 Å². The van der Waals surface area contributed by atoms with Crippen molar-refractivity contribution in [3.63, 3.8) is 0 Å². The van der Waals surface area contributed by atoms with Crippen LogP contribution in [0.3, 0.4) is 0 Å². The lowest BCUT2D eigenvalue weighted by atomic mass is 9.71. The van der Waals surface area contributed by atoms with Gasteiger partial charge >= 0.3 is 11.9 Å². The Balaban J connectivity index is 0. The minimum Gasteiger partial charge on any atom is -0.496 e. The summed E-state index contributed by atoms with van der Waals surface area (Å²) in [6, 6.07) is 4.63. The molecule has 0 amide bonds. The lowest BCUT2D eigenvalue weighted by molar-refractivity contribution is -0.148. The molecule has 7 nitrogen and oxygen atoms in total. The molecule has 0 aliphatic rings. The molecule has 1 aromatic carbocycles. The number of methoxy groups -OCH3 is 1. The molecule has 1 aromatic rings. The number of benzene rings is 1. The number of ether oxygens (including phenoxy) is 1. The summed E-state index contributed by atoms with van der Waals surface area (Å²) in [6.45, 7) is 6.62. The van der Waals surface area contributed by atoms with E-state index in [2.05, 4.69) is 0 Å². The first-order valence-electron chi connectivity index (χ1n) is 7.68. The number of carboxylic acid groups (broad SMARTS) is 2. The number of carbonyl (C=O) groups is 2. The SMILES string of the molecule is COc1cccc(C(N)(C(=O)O)C(C)C)c1C(N)(C(=O)O)C(C)C.Cl.Cl. The zero-order chi connectivity index (χ0) is 18.9. The predicted molar refractivity (Wildman–Crippen MR) is 104 cm³/mol. The van der Waals surface area contributed by atoms with Gasteiger partial charge in [-0.05, 0) is 23.5 Å². The molecule has 0 aromatic heterocycles. The van der Waals surface area contributed by atoms with Gasteiger partial charge in [-0.2, -0.15) is 0 Å². The summed E-state index contributed by atoms with van der Waals surface area (Å²) in [5.41, 5.74) is 9.05. The fourth-order valence-corrected chi connectivity index (χ4v) is 2.79. The lowest BCUT2D eigenvalue weighted by Crippen LogP contribution is -2.55. The minimum absolute atomic E-state index is 0. The van der Waals surface area contributed by atoms with Crippen molar-refractivity contribution < 1.29 is 24.5 Å². The van der Waals surface area contributed by atoms with Crippen LogP contribution in [0, 0.1) is 11.8 Å². The molecule has 0 spiro atoms. The quantitative estimate of drug-likeness (QED) is 0.541. The fraction of sp³-hybridized carbons (Fsp3) is 0.529. The second-order valence-electron chi connectivity index (χ2n) is 6.54. The van der Waals surface area contributed by atoms with Crippen LogP contribution in [0.15, 0.2) is 18.2 Å². The summed E-state index contributed by atoms with van der Waals surface area (Å²) in [6.07, 6.45) is 0. The van der Waals surface area contributed by atoms with E-state index in [0.717, 1.165) is 0 Å². The second-order valence-corrected chi connectivity index (χ2v) is 6.54. The maximum absolute atomic E-state index is 12.0. The van der Waals surface area contributed by atoms with Gasteiger partial charge < -0.3 is 26.4 Å². The Morgan fingerprint density at radius 1 is 0.962 bits per heavy atom. The molecule has 0 radical (unpaired) electrons. The smallest absolute Gasteiger partial charge is 0.328 e. The standard InChI is InChI=1S/C17H26N2O5.2ClH/c1-9(2)16(18,14(20)21)11-7-6-8-12(24-5)13(11)17(19,10(3)4)15(22)23;;/h6-10H,18-19H2,1-5H3,(H,20,21)(H,22,23);2*1H. The number of hydrogen-bond acceptors (Lipinski definition) is 5. The van der Waals surface area contributed by atoms with Crippen molar-refractivity contribution in [2.24, 2.45) is 23.3 Å². The van der Waals surface area contributed by atoms with E-state index in [1.807, 2.05) is 0 Å². The Hall–Kier alpha value is -1.54. The Labute approximate surface area is 165 Å². The predicted octanol–water partition coefficient (Wildman–Crippen LogP) is 2.33. The van der Waals surface area contributed by atoms with Crippen molar-refractivity contribution in [3.05, 3.63) is 29.3 Å². The second kappa shape index (κ2) is 9.41. The normalized spacial score (nSPS) is 15.3. The van der Waals surface area contributed by atoms with Crippen molar-refractivity contribution in [1.29, 1.82) is 0 Å². The van der Waals surface area contributed by atoms with Crippen molar-refractivity contribution in [1.82, 2.24) is 0 Å². The molecule has 26 heavy (non-hydrogen) atoms. The van der Waals surface area contributed by atoms with Crippen LogP contribution in [-0.2, 0) is 20.7 Å². The van der Waals surface area contributed by atoms with Gasteiger partial charge in [0.2, 0.25) is 0 Å². The zero-order valence-corrected chi connectivity index (χ0v) is 17.1. The molecule has 9 heteroatoms. The Morgan fingerprint density at radius 2 is 1.38 bits per heavy atom. The van der Waals surface area contributed by atoms with Gasteiger partial charge in [0.15, 0.2) is 0 Å². The van der Waals surface area contributed by atoms with Crippen molar-refractivity contribution >= 4 is 36.8 Å². The largest absolute Gasteiger partial charge is 0.496 e. The number of halogens is 2. The average Bonchev–Trinajstić information content (AvgIpc) is 2.51. The molecule has 150 valence electrons. The molecule has 0 saturated heterocycles. The Morgan fingerprint density at radius 3 is 1.69 bits per heavy atom. The molecule has 0 fully saturated rings. The van der Waals surface area contributed by atoms with Crippen molar-refractivity contribution in [2.45, 2.75) is 38.8 Å². The van der Waals surface area contributed by atoms with Crippen LogP contribution in [0.5, 0.6) is 5.75 Å². The lowest BCUT2D eigenvalue weighted by Gasteiger charge is -2.38. The van der Waals surface area contributed by atoms with Crippen LogP contribution < -0.4 is 16.2 Å². The van der Waals surface area contributed by atoms with Gasteiger partial charge in [0.05, 0.1) is 7.11 Å². The van der Waals surface area contributed by atoms with Gasteiger partial charge in [-0.25, -0.2) is 9.59 Å². The van der Waals surface area contributed by atoms with Gasteiger partial charge in [-0.15, -0.1) is 24.8 Å². The van der Waals surface area contributed by atoms with Gasteiger partial charge in [-0.3, -0.25) is 0 Å². The van der Waals surface area contributed by atoms with Crippen LogP contribution in [0.25, 0.3) is 0 Å². The molecule has 6 N–H and O–H groups in total. The van der Waals surface area contributed by atoms with E-state index < -0.39 is 34.9 Å². The first-order valence-corrected chi connectivity index (χ1v) is 7.68. The van der Waals surface area contributed by atoms with Gasteiger partial charge in [-0.1, -0.05) is 39.8 Å². The maximum Gasteiger partial charge on any atom is 0.328 e. The van der Waals surface area contributed by atoms with Crippen molar-refractivity contribution in [3.8, 4) is 5.75 Å². The third-order valence-electron chi connectivity index (χ3n) is 4.63. The van der Waals surface area contributed by atoms with E-state index >= 15 is 0 Å². The summed E-state index contributed by atoms with van der Waals surface area (Å²) in [5.74, 6) is -3.38. The number of rotatable bonds is 7. The third kappa shape index (κ3) is 4.06. The molecule has 2 atom stereocenters. The highest BCUT2D eigenvalue weighted by Gasteiger charge is 2.49. The minimum atomic E-state index is -1.85. The number of aliphatic carboxylic acids is 2. The van der Waals surface area contributed by atoms with E-state index in [9.17, 15) is 19.8 Å². The molecule has 1 rings (SSSR count). The topological polar surface area (TPSA) is 136 Å². The van der Waals surface area contributed by atoms with Crippen LogP contribution in [0.1, 0.15) is 38.8 Å². The molecular formula is C17H28Cl2N2O5. The molecule has 2 unspecified atom stereocenters. The molecule has 0 aliphatic carbocycles. The first-order chi connectivity index (χ1) is 10.9. The number of hydrogen-bond donors (Lipinski definition) is 4. The molecular weight excluding hydrogens is 383 g/mol. The third-order valence-corrected chi connectivity index (χ3v) is 4.63. The van der Waals surface area contributed by atoms with E-state index in [4.69, 9.17) is 16.2 Å². The van der Waals surface area contributed by atoms with E-state index in [-0.39, 0.29) is 41.7 Å². The highest BCUT2D eigenvalue weighted by atomic mass is 35.5. The monoisotopic (exact) mass is 410 g/mol. The van der Waals surface area contributed by atoms with Crippen molar-refractivity contribution in [2.75, 3.05) is 7.11 Å². The number of carboxylic acids is 2. The highest BCUT2D eigenvalue weighted by molar-refractivity contribution is 5.87. The average molecular weight is 411 g/mol. The van der Waals surface area contributed by atoms with E-state index in [1.54, 1.807) is 39.8 Å². The zero-order valence-electron chi connectivity index (χ0n) is 15.5. The Kier molecular flexibility index (Phi) is 9.66. The van der Waals surface area contributed by atoms with Gasteiger partial charge in [0.1, 0.15) is 16.8 Å². The van der Waals surface area contributed by atoms with Crippen LogP contribution in [0.2, 0.25) is 0 Å².